The van der Waals surface area contributed by atoms with Gasteiger partial charge in [0.25, 0.3) is 0 Å². The first-order valence-corrected chi connectivity index (χ1v) is 6.75. The molecule has 1 saturated carbocycles. The van der Waals surface area contributed by atoms with E-state index in [-0.39, 0.29) is 11.9 Å². The first kappa shape index (κ1) is 11.7. The van der Waals surface area contributed by atoms with Crippen LogP contribution >= 0.6 is 0 Å². The van der Waals surface area contributed by atoms with Gasteiger partial charge in [-0.05, 0) is 49.7 Å². The molecule has 0 bridgehead atoms. The minimum atomic E-state index is -0.743. The van der Waals surface area contributed by atoms with Crippen LogP contribution in [0.1, 0.15) is 30.9 Å². The van der Waals surface area contributed by atoms with E-state index in [9.17, 15) is 4.79 Å². The molecule has 0 spiro atoms. The predicted molar refractivity (Wildman–Crippen MR) is 71.1 cm³/mol. The number of hydrogen-bond donors (Lipinski definition) is 2. The Morgan fingerprint density at radius 3 is 2.39 bits per heavy atom. The molecular formula is C15H20N2O. The Labute approximate surface area is 108 Å². The van der Waals surface area contributed by atoms with Crippen LogP contribution in [0.5, 0.6) is 0 Å². The van der Waals surface area contributed by atoms with Crippen LogP contribution in [0, 0.1) is 5.92 Å². The number of amides is 1. The Bertz CT molecular complexity index is 454. The normalized spacial score (nSPS) is 22.3. The molecule has 1 unspecified atom stereocenters. The topological polar surface area (TPSA) is 55.1 Å². The molecular weight excluding hydrogens is 224 g/mol. The van der Waals surface area contributed by atoms with E-state index in [1.54, 1.807) is 0 Å². The second-order valence-corrected chi connectivity index (χ2v) is 5.88. The molecule has 0 saturated heterocycles. The van der Waals surface area contributed by atoms with Crippen molar-refractivity contribution in [3.05, 3.63) is 35.4 Å². The van der Waals surface area contributed by atoms with E-state index < -0.39 is 5.54 Å². The summed E-state index contributed by atoms with van der Waals surface area (Å²) < 4.78 is 0. The van der Waals surface area contributed by atoms with Gasteiger partial charge in [-0.2, -0.15) is 0 Å². The van der Waals surface area contributed by atoms with Gasteiger partial charge in [0.1, 0.15) is 5.54 Å². The average molecular weight is 244 g/mol. The molecule has 18 heavy (non-hydrogen) atoms. The molecule has 3 N–H and O–H groups in total. The fourth-order valence-electron chi connectivity index (χ4n) is 2.87. The first-order valence-electron chi connectivity index (χ1n) is 6.75. The maximum atomic E-state index is 12.3. The fourth-order valence-corrected chi connectivity index (χ4v) is 2.87. The van der Waals surface area contributed by atoms with Crippen molar-refractivity contribution in [1.29, 1.82) is 0 Å². The van der Waals surface area contributed by atoms with Crippen molar-refractivity contribution in [2.24, 2.45) is 11.7 Å². The third-order valence-corrected chi connectivity index (χ3v) is 4.27. The minimum Gasteiger partial charge on any atom is -0.352 e. The average Bonchev–Trinajstić information content (AvgIpc) is 3.11. The first-order chi connectivity index (χ1) is 8.58. The summed E-state index contributed by atoms with van der Waals surface area (Å²) in [6, 6.07) is 8.43. The molecule has 3 rings (SSSR count). The van der Waals surface area contributed by atoms with Crippen LogP contribution in [-0.4, -0.2) is 17.5 Å². The second kappa shape index (κ2) is 4.09. The highest BCUT2D eigenvalue weighted by Crippen LogP contribution is 2.33. The summed E-state index contributed by atoms with van der Waals surface area (Å²) in [5, 5.41) is 3.10. The third-order valence-electron chi connectivity index (χ3n) is 4.27. The molecule has 96 valence electrons. The lowest BCUT2D eigenvalue weighted by molar-refractivity contribution is -0.126. The summed E-state index contributed by atoms with van der Waals surface area (Å²) in [6.07, 6.45) is 3.79. The zero-order valence-electron chi connectivity index (χ0n) is 10.8. The van der Waals surface area contributed by atoms with Gasteiger partial charge in [0.15, 0.2) is 0 Å². The Balaban J connectivity index is 1.71. The van der Waals surface area contributed by atoms with Crippen molar-refractivity contribution < 1.29 is 4.79 Å². The molecule has 2 aliphatic rings. The van der Waals surface area contributed by atoms with Crippen molar-refractivity contribution >= 4 is 5.91 Å². The predicted octanol–water partition coefficient (Wildman–Crippen LogP) is 1.40. The van der Waals surface area contributed by atoms with E-state index in [0.717, 1.165) is 0 Å². The Morgan fingerprint density at radius 2 is 1.89 bits per heavy atom. The van der Waals surface area contributed by atoms with Crippen molar-refractivity contribution in [2.45, 2.75) is 44.2 Å². The van der Waals surface area contributed by atoms with Gasteiger partial charge in [0.05, 0.1) is 0 Å². The van der Waals surface area contributed by atoms with Crippen molar-refractivity contribution in [1.82, 2.24) is 5.32 Å². The molecule has 0 heterocycles. The molecule has 1 amide bonds. The lowest BCUT2D eigenvalue weighted by Gasteiger charge is -2.25. The molecule has 1 aromatic rings. The van der Waals surface area contributed by atoms with Crippen molar-refractivity contribution in [3.63, 3.8) is 0 Å². The van der Waals surface area contributed by atoms with Crippen LogP contribution < -0.4 is 11.1 Å². The summed E-state index contributed by atoms with van der Waals surface area (Å²) in [7, 11) is 0. The number of hydrogen-bond acceptors (Lipinski definition) is 2. The van der Waals surface area contributed by atoms with Crippen LogP contribution in [0.4, 0.5) is 0 Å². The monoisotopic (exact) mass is 244 g/mol. The Morgan fingerprint density at radius 1 is 1.33 bits per heavy atom. The zero-order chi connectivity index (χ0) is 12.8. The molecule has 0 aromatic heterocycles. The number of nitrogens with one attached hydrogen (secondary N) is 1. The molecule has 3 heteroatoms. The third kappa shape index (κ3) is 2.03. The molecule has 1 fully saturated rings. The van der Waals surface area contributed by atoms with Crippen molar-refractivity contribution in [2.75, 3.05) is 0 Å². The van der Waals surface area contributed by atoms with Crippen molar-refractivity contribution in [3.8, 4) is 0 Å². The van der Waals surface area contributed by atoms with E-state index in [1.165, 1.54) is 24.0 Å². The maximum absolute atomic E-state index is 12.3. The smallest absolute Gasteiger partial charge is 0.240 e. The van der Waals surface area contributed by atoms with Crippen LogP contribution in [0.2, 0.25) is 0 Å². The number of nitrogens with two attached hydrogens (primary N) is 1. The Hall–Kier alpha value is -1.35. The SMILES string of the molecule is CC(NC(=O)C1(N)Cc2ccccc2C1)C1CC1. The summed E-state index contributed by atoms with van der Waals surface area (Å²) in [6.45, 7) is 2.08. The van der Waals surface area contributed by atoms with Crippen LogP contribution in [0.3, 0.4) is 0 Å². The number of benzene rings is 1. The van der Waals surface area contributed by atoms with E-state index in [4.69, 9.17) is 5.73 Å². The highest BCUT2D eigenvalue weighted by Gasteiger charge is 2.41. The van der Waals surface area contributed by atoms with Gasteiger partial charge < -0.3 is 11.1 Å². The van der Waals surface area contributed by atoms with Gasteiger partial charge in [0.2, 0.25) is 5.91 Å². The Kier molecular flexibility index (Phi) is 2.67. The van der Waals surface area contributed by atoms with Gasteiger partial charge in [-0.3, -0.25) is 4.79 Å². The summed E-state index contributed by atoms with van der Waals surface area (Å²) >= 11 is 0. The lowest BCUT2D eigenvalue weighted by Crippen LogP contribution is -2.56. The summed E-state index contributed by atoms with van der Waals surface area (Å²) in [5.74, 6) is 0.680. The van der Waals surface area contributed by atoms with E-state index in [2.05, 4.69) is 24.4 Å². The maximum Gasteiger partial charge on any atom is 0.240 e. The van der Waals surface area contributed by atoms with E-state index in [0.29, 0.717) is 18.8 Å². The highest BCUT2D eigenvalue weighted by atomic mass is 16.2. The van der Waals surface area contributed by atoms with Gasteiger partial charge >= 0.3 is 0 Å². The molecule has 1 aromatic carbocycles. The van der Waals surface area contributed by atoms with E-state index >= 15 is 0 Å². The molecule has 3 nitrogen and oxygen atoms in total. The van der Waals surface area contributed by atoms with Crippen LogP contribution in [0.15, 0.2) is 24.3 Å². The number of rotatable bonds is 3. The number of fused-ring (bicyclic) bond motifs is 1. The van der Waals surface area contributed by atoms with E-state index in [1.807, 2.05) is 12.1 Å². The molecule has 0 radical (unpaired) electrons. The van der Waals surface area contributed by atoms with Crippen LogP contribution in [-0.2, 0) is 17.6 Å². The number of carbonyl (C=O) groups is 1. The molecule has 1 atom stereocenters. The van der Waals surface area contributed by atoms with Crippen LogP contribution in [0.25, 0.3) is 0 Å². The molecule has 2 aliphatic carbocycles. The highest BCUT2D eigenvalue weighted by molar-refractivity contribution is 5.88. The quantitative estimate of drug-likeness (QED) is 0.844. The molecule has 0 aliphatic heterocycles. The largest absolute Gasteiger partial charge is 0.352 e. The summed E-state index contributed by atoms with van der Waals surface area (Å²) in [5.41, 5.74) is 8.00. The zero-order valence-corrected chi connectivity index (χ0v) is 10.8. The summed E-state index contributed by atoms with van der Waals surface area (Å²) in [4.78, 5) is 12.3. The lowest BCUT2D eigenvalue weighted by atomic mass is 9.95. The van der Waals surface area contributed by atoms with Gasteiger partial charge in [-0.25, -0.2) is 0 Å². The van der Waals surface area contributed by atoms with Gasteiger partial charge in [-0.15, -0.1) is 0 Å². The van der Waals surface area contributed by atoms with Gasteiger partial charge in [-0.1, -0.05) is 24.3 Å². The minimum absolute atomic E-state index is 0.0121. The van der Waals surface area contributed by atoms with Gasteiger partial charge in [0, 0.05) is 6.04 Å². The number of carbonyl (C=O) groups excluding carboxylic acids is 1. The fraction of sp³-hybridized carbons (Fsp3) is 0.533. The standard InChI is InChI=1S/C15H20N2O/c1-10(11-6-7-11)17-14(18)15(16)8-12-4-2-3-5-13(12)9-15/h2-5,10-11H,6-9,16H2,1H3,(H,17,18). The second-order valence-electron chi connectivity index (χ2n) is 5.88.